The van der Waals surface area contributed by atoms with Crippen molar-refractivity contribution in [1.82, 2.24) is 5.16 Å². The largest absolute Gasteiger partial charge is 0.386 e. The number of hydrogen-bond donors (Lipinski definition) is 1. The van der Waals surface area contributed by atoms with Gasteiger partial charge in [0.15, 0.2) is 0 Å². The molecule has 4 heteroatoms. The first kappa shape index (κ1) is 12.8. The summed E-state index contributed by atoms with van der Waals surface area (Å²) in [5.74, 6) is 0. The van der Waals surface area contributed by atoms with Crippen LogP contribution in [0.4, 0.5) is 0 Å². The lowest BCUT2D eigenvalue weighted by Gasteiger charge is -2.16. The van der Waals surface area contributed by atoms with Crippen molar-refractivity contribution in [1.29, 1.82) is 0 Å². The van der Waals surface area contributed by atoms with Gasteiger partial charge in [-0.15, -0.1) is 0 Å². The summed E-state index contributed by atoms with van der Waals surface area (Å²) in [4.78, 5) is 0. The molecule has 1 heterocycles. The third-order valence-corrected chi connectivity index (χ3v) is 2.92. The number of nitrogens with zero attached hydrogens (tertiary/aromatic N) is 1. The standard InChI is InChI=1S/C14H17NO3/c1-10-13(8-18-15-10)14(16)9-17-11(2)12-6-4-3-5-7-12/h3-8,11,14,16H,9H2,1-2H3/t11-,14-/m1/s1. The molecule has 2 atom stereocenters. The van der Waals surface area contributed by atoms with E-state index in [9.17, 15) is 5.11 Å². The van der Waals surface area contributed by atoms with Crippen LogP contribution in [0.3, 0.4) is 0 Å². The Bertz CT molecular complexity index is 481. The second-order valence-electron chi connectivity index (χ2n) is 4.26. The summed E-state index contributed by atoms with van der Waals surface area (Å²) in [6.07, 6.45) is 0.694. The molecule has 1 N–H and O–H groups in total. The molecule has 1 aromatic carbocycles. The van der Waals surface area contributed by atoms with Gasteiger partial charge in [0.1, 0.15) is 12.4 Å². The van der Waals surface area contributed by atoms with Gasteiger partial charge in [-0.1, -0.05) is 35.5 Å². The van der Waals surface area contributed by atoms with Crippen LogP contribution >= 0.6 is 0 Å². The first-order valence-corrected chi connectivity index (χ1v) is 5.94. The average Bonchev–Trinajstić information content (AvgIpc) is 2.83. The highest BCUT2D eigenvalue weighted by Crippen LogP contribution is 2.21. The molecule has 0 aliphatic heterocycles. The summed E-state index contributed by atoms with van der Waals surface area (Å²) in [6.45, 7) is 3.98. The molecule has 18 heavy (non-hydrogen) atoms. The van der Waals surface area contributed by atoms with Crippen LogP contribution in [0.25, 0.3) is 0 Å². The Morgan fingerprint density at radius 2 is 2.06 bits per heavy atom. The van der Waals surface area contributed by atoms with Crippen molar-refractivity contribution >= 4 is 0 Å². The molecule has 2 aromatic rings. The van der Waals surface area contributed by atoms with Gasteiger partial charge in [0.25, 0.3) is 0 Å². The van der Waals surface area contributed by atoms with E-state index in [1.54, 1.807) is 6.92 Å². The molecule has 2 rings (SSSR count). The van der Waals surface area contributed by atoms with Gasteiger partial charge in [-0.2, -0.15) is 0 Å². The molecule has 4 nitrogen and oxygen atoms in total. The number of ether oxygens (including phenoxy) is 1. The van der Waals surface area contributed by atoms with Gasteiger partial charge in [0, 0.05) is 5.56 Å². The molecule has 0 aliphatic rings. The lowest BCUT2D eigenvalue weighted by Crippen LogP contribution is -2.10. The van der Waals surface area contributed by atoms with E-state index in [2.05, 4.69) is 5.16 Å². The number of aryl methyl sites for hydroxylation is 1. The van der Waals surface area contributed by atoms with Crippen molar-refractivity contribution in [2.45, 2.75) is 26.1 Å². The molecular formula is C14H17NO3. The molecule has 96 valence electrons. The normalized spacial score (nSPS) is 14.4. The Morgan fingerprint density at radius 3 is 2.67 bits per heavy atom. The molecule has 0 unspecified atom stereocenters. The summed E-state index contributed by atoms with van der Waals surface area (Å²) >= 11 is 0. The van der Waals surface area contributed by atoms with Crippen LogP contribution in [0.2, 0.25) is 0 Å². The monoisotopic (exact) mass is 247 g/mol. The smallest absolute Gasteiger partial charge is 0.129 e. The minimum absolute atomic E-state index is 0.0546. The highest BCUT2D eigenvalue weighted by molar-refractivity contribution is 5.18. The highest BCUT2D eigenvalue weighted by Gasteiger charge is 2.15. The van der Waals surface area contributed by atoms with Crippen molar-refractivity contribution in [2.75, 3.05) is 6.61 Å². The fraction of sp³-hybridized carbons (Fsp3) is 0.357. The van der Waals surface area contributed by atoms with Crippen molar-refractivity contribution in [3.63, 3.8) is 0 Å². The Kier molecular flexibility index (Phi) is 4.12. The highest BCUT2D eigenvalue weighted by atomic mass is 16.5. The number of aliphatic hydroxyl groups excluding tert-OH is 1. The van der Waals surface area contributed by atoms with E-state index in [4.69, 9.17) is 9.26 Å². The summed E-state index contributed by atoms with van der Waals surface area (Å²) in [6, 6.07) is 9.90. The van der Waals surface area contributed by atoms with E-state index < -0.39 is 6.10 Å². The lowest BCUT2D eigenvalue weighted by atomic mass is 10.1. The SMILES string of the molecule is Cc1nocc1[C@H](O)CO[C@H](C)c1ccccc1. The molecule has 0 bridgehead atoms. The molecule has 0 saturated carbocycles. The van der Waals surface area contributed by atoms with Crippen LogP contribution in [0.5, 0.6) is 0 Å². The quantitative estimate of drug-likeness (QED) is 0.882. The van der Waals surface area contributed by atoms with E-state index in [-0.39, 0.29) is 12.7 Å². The van der Waals surface area contributed by atoms with Gasteiger partial charge in [-0.3, -0.25) is 0 Å². The third kappa shape index (κ3) is 2.97. The van der Waals surface area contributed by atoms with Gasteiger partial charge in [-0.25, -0.2) is 0 Å². The zero-order valence-corrected chi connectivity index (χ0v) is 10.5. The van der Waals surface area contributed by atoms with E-state index in [1.165, 1.54) is 6.26 Å². The fourth-order valence-electron chi connectivity index (χ4n) is 1.77. The number of aliphatic hydroxyl groups is 1. The average molecular weight is 247 g/mol. The Labute approximate surface area is 106 Å². The molecule has 0 spiro atoms. The van der Waals surface area contributed by atoms with Crippen molar-refractivity contribution in [2.24, 2.45) is 0 Å². The molecular weight excluding hydrogens is 230 g/mol. The van der Waals surface area contributed by atoms with Crippen LogP contribution in [-0.2, 0) is 4.74 Å². The third-order valence-electron chi connectivity index (χ3n) is 2.92. The van der Waals surface area contributed by atoms with Crippen molar-refractivity contribution in [3.8, 4) is 0 Å². The predicted octanol–water partition coefficient (Wildman–Crippen LogP) is 2.79. The van der Waals surface area contributed by atoms with Gasteiger partial charge >= 0.3 is 0 Å². The Hall–Kier alpha value is -1.65. The van der Waals surface area contributed by atoms with Crippen molar-refractivity contribution < 1.29 is 14.4 Å². The fourth-order valence-corrected chi connectivity index (χ4v) is 1.77. The second-order valence-corrected chi connectivity index (χ2v) is 4.26. The van der Waals surface area contributed by atoms with E-state index in [0.717, 1.165) is 5.56 Å². The maximum absolute atomic E-state index is 9.96. The van der Waals surface area contributed by atoms with Crippen LogP contribution in [0, 0.1) is 6.92 Å². The maximum Gasteiger partial charge on any atom is 0.129 e. The number of benzene rings is 1. The molecule has 0 saturated heterocycles. The minimum Gasteiger partial charge on any atom is -0.386 e. The summed E-state index contributed by atoms with van der Waals surface area (Å²) < 4.78 is 10.4. The van der Waals surface area contributed by atoms with Gasteiger partial charge < -0.3 is 14.4 Å². The van der Waals surface area contributed by atoms with Crippen LogP contribution in [0.15, 0.2) is 41.1 Å². The minimum atomic E-state index is -0.706. The summed E-state index contributed by atoms with van der Waals surface area (Å²) in [7, 11) is 0. The summed E-state index contributed by atoms with van der Waals surface area (Å²) in [5.41, 5.74) is 2.46. The number of hydrogen-bond acceptors (Lipinski definition) is 4. The van der Waals surface area contributed by atoms with E-state index in [1.807, 2.05) is 37.3 Å². The van der Waals surface area contributed by atoms with E-state index >= 15 is 0 Å². The topological polar surface area (TPSA) is 55.5 Å². The van der Waals surface area contributed by atoms with Gasteiger partial charge in [0.05, 0.1) is 18.4 Å². The summed E-state index contributed by atoms with van der Waals surface area (Å²) in [5, 5.41) is 13.7. The van der Waals surface area contributed by atoms with Crippen LogP contribution in [-0.4, -0.2) is 16.9 Å². The zero-order chi connectivity index (χ0) is 13.0. The Balaban J connectivity index is 1.90. The lowest BCUT2D eigenvalue weighted by molar-refractivity contribution is -0.00399. The molecule has 0 fully saturated rings. The molecule has 0 aliphatic carbocycles. The zero-order valence-electron chi connectivity index (χ0n) is 10.5. The molecule has 0 radical (unpaired) electrons. The molecule has 0 amide bonds. The second kappa shape index (κ2) is 5.80. The predicted molar refractivity (Wildman–Crippen MR) is 67.0 cm³/mol. The van der Waals surface area contributed by atoms with Gasteiger partial charge in [-0.05, 0) is 19.4 Å². The first-order chi connectivity index (χ1) is 8.68. The van der Waals surface area contributed by atoms with Crippen molar-refractivity contribution in [3.05, 3.63) is 53.4 Å². The van der Waals surface area contributed by atoms with Crippen LogP contribution < -0.4 is 0 Å². The first-order valence-electron chi connectivity index (χ1n) is 5.94. The number of aromatic nitrogens is 1. The number of rotatable bonds is 5. The maximum atomic E-state index is 9.96. The Morgan fingerprint density at radius 1 is 1.33 bits per heavy atom. The van der Waals surface area contributed by atoms with Crippen LogP contribution in [0.1, 0.15) is 36.0 Å². The van der Waals surface area contributed by atoms with Gasteiger partial charge in [0.2, 0.25) is 0 Å². The molecule has 1 aromatic heterocycles. The van der Waals surface area contributed by atoms with E-state index in [0.29, 0.717) is 11.3 Å².